The number of hydrogen-bond donors (Lipinski definition) is 1. The third-order valence-electron chi connectivity index (χ3n) is 5.81. The van der Waals surface area contributed by atoms with E-state index < -0.39 is 0 Å². The van der Waals surface area contributed by atoms with E-state index >= 15 is 0 Å². The molecule has 4 aromatic rings. The molecule has 31 heavy (non-hydrogen) atoms. The van der Waals surface area contributed by atoms with Crippen molar-refractivity contribution in [3.8, 4) is 22.6 Å². The molecule has 0 radical (unpaired) electrons. The van der Waals surface area contributed by atoms with Gasteiger partial charge in [0.1, 0.15) is 11.5 Å². The normalized spacial score (nSPS) is 13.4. The number of hydrogen-bond acceptors (Lipinski definition) is 3. The first-order valence-electron chi connectivity index (χ1n) is 11.2. The maximum Gasteiger partial charge on any atom is 0.125 e. The maximum atomic E-state index is 6.33. The number of nitrogens with one attached hydrogen (secondary N) is 1. The molecule has 1 aliphatic rings. The van der Waals surface area contributed by atoms with E-state index in [1.165, 1.54) is 43.8 Å². The molecule has 0 amide bonds. The van der Waals surface area contributed by atoms with Gasteiger partial charge in [0, 0.05) is 24.2 Å². The SMILES string of the molecule is CC(C)Oc1cc2ccccc2c2c1CNCc1c(OC(C)C)cc3ccccc3c1-2. The van der Waals surface area contributed by atoms with Crippen LogP contribution in [-0.2, 0) is 13.1 Å². The fourth-order valence-electron chi connectivity index (χ4n) is 4.68. The molecule has 3 heteroatoms. The lowest BCUT2D eigenvalue weighted by atomic mass is 9.87. The predicted octanol–water partition coefficient (Wildman–Crippen LogP) is 6.84. The Morgan fingerprint density at radius 2 is 1.06 bits per heavy atom. The van der Waals surface area contributed by atoms with Crippen molar-refractivity contribution in [2.45, 2.75) is 53.0 Å². The van der Waals surface area contributed by atoms with Gasteiger partial charge in [-0.25, -0.2) is 0 Å². The Labute approximate surface area is 184 Å². The van der Waals surface area contributed by atoms with Crippen molar-refractivity contribution >= 4 is 21.5 Å². The average molecular weight is 412 g/mol. The molecule has 0 bridgehead atoms. The summed E-state index contributed by atoms with van der Waals surface area (Å²) in [5.41, 5.74) is 4.97. The first-order valence-corrected chi connectivity index (χ1v) is 11.2. The van der Waals surface area contributed by atoms with Crippen molar-refractivity contribution in [3.05, 3.63) is 71.8 Å². The van der Waals surface area contributed by atoms with Gasteiger partial charge in [-0.15, -0.1) is 0 Å². The van der Waals surface area contributed by atoms with Crippen LogP contribution in [0.2, 0.25) is 0 Å². The zero-order chi connectivity index (χ0) is 21.5. The van der Waals surface area contributed by atoms with Crippen molar-refractivity contribution < 1.29 is 9.47 Å². The Bertz CT molecular complexity index is 1170. The summed E-state index contributed by atoms with van der Waals surface area (Å²) in [5.74, 6) is 1.92. The first-order chi connectivity index (χ1) is 15.0. The molecule has 1 aliphatic heterocycles. The average Bonchev–Trinajstić information content (AvgIpc) is 2.94. The van der Waals surface area contributed by atoms with Gasteiger partial charge in [-0.05, 0) is 72.5 Å². The smallest absolute Gasteiger partial charge is 0.125 e. The second-order valence-electron chi connectivity index (χ2n) is 8.84. The molecule has 0 aromatic heterocycles. The third kappa shape index (κ3) is 3.53. The fourth-order valence-corrected chi connectivity index (χ4v) is 4.68. The molecule has 0 atom stereocenters. The minimum atomic E-state index is 0.111. The second-order valence-corrected chi connectivity index (χ2v) is 8.84. The van der Waals surface area contributed by atoms with Gasteiger partial charge < -0.3 is 14.8 Å². The standard InChI is InChI=1S/C28H29NO2/c1-17(2)30-25-13-19-9-5-7-11-21(19)27-23(25)15-29-16-24-26(31-18(3)4)14-20-10-6-8-12-22(20)28(24)27/h5-14,17-18,29H,15-16H2,1-4H3. The quantitative estimate of drug-likeness (QED) is 0.399. The molecule has 4 aromatic carbocycles. The van der Waals surface area contributed by atoms with Crippen molar-refractivity contribution in [1.29, 1.82) is 0 Å². The minimum absolute atomic E-state index is 0.111. The Kier molecular flexibility index (Phi) is 5.07. The Morgan fingerprint density at radius 1 is 0.645 bits per heavy atom. The maximum absolute atomic E-state index is 6.33. The topological polar surface area (TPSA) is 30.5 Å². The summed E-state index contributed by atoms with van der Waals surface area (Å²) in [6, 6.07) is 21.6. The molecule has 0 spiro atoms. The summed E-state index contributed by atoms with van der Waals surface area (Å²) in [6.07, 6.45) is 0.223. The molecule has 0 saturated carbocycles. The highest BCUT2D eigenvalue weighted by atomic mass is 16.5. The van der Waals surface area contributed by atoms with Crippen LogP contribution in [0.25, 0.3) is 32.7 Å². The largest absolute Gasteiger partial charge is 0.491 e. The monoisotopic (exact) mass is 411 g/mol. The Morgan fingerprint density at radius 3 is 1.48 bits per heavy atom. The van der Waals surface area contributed by atoms with Crippen LogP contribution in [0, 0.1) is 0 Å². The first kappa shape index (κ1) is 19.9. The third-order valence-corrected chi connectivity index (χ3v) is 5.81. The van der Waals surface area contributed by atoms with Gasteiger partial charge in [0.05, 0.1) is 12.2 Å². The number of benzene rings is 4. The lowest BCUT2D eigenvalue weighted by molar-refractivity contribution is 0.239. The predicted molar refractivity (Wildman–Crippen MR) is 129 cm³/mol. The highest BCUT2D eigenvalue weighted by Gasteiger charge is 2.26. The number of rotatable bonds is 4. The van der Waals surface area contributed by atoms with Gasteiger partial charge in [0.25, 0.3) is 0 Å². The lowest BCUT2D eigenvalue weighted by Crippen LogP contribution is -2.15. The van der Waals surface area contributed by atoms with Crippen LogP contribution < -0.4 is 14.8 Å². The van der Waals surface area contributed by atoms with Crippen molar-refractivity contribution in [2.24, 2.45) is 0 Å². The van der Waals surface area contributed by atoms with Crippen LogP contribution in [0.15, 0.2) is 60.7 Å². The van der Waals surface area contributed by atoms with E-state index in [-0.39, 0.29) is 12.2 Å². The van der Waals surface area contributed by atoms with Crippen molar-refractivity contribution in [3.63, 3.8) is 0 Å². The molecular weight excluding hydrogens is 382 g/mol. The van der Waals surface area contributed by atoms with Crippen LogP contribution in [0.5, 0.6) is 11.5 Å². The van der Waals surface area contributed by atoms with E-state index in [1.807, 2.05) is 0 Å². The van der Waals surface area contributed by atoms with Crippen molar-refractivity contribution in [2.75, 3.05) is 0 Å². The van der Waals surface area contributed by atoms with E-state index in [0.29, 0.717) is 0 Å². The van der Waals surface area contributed by atoms with Gasteiger partial charge >= 0.3 is 0 Å². The van der Waals surface area contributed by atoms with E-state index in [1.54, 1.807) is 0 Å². The molecule has 0 unspecified atom stereocenters. The fraction of sp³-hybridized carbons (Fsp3) is 0.286. The summed E-state index contributed by atoms with van der Waals surface area (Å²) in [6.45, 7) is 9.86. The van der Waals surface area contributed by atoms with Gasteiger partial charge in [-0.1, -0.05) is 48.5 Å². The second kappa shape index (κ2) is 7.90. The van der Waals surface area contributed by atoms with Crippen molar-refractivity contribution in [1.82, 2.24) is 5.32 Å². The highest BCUT2D eigenvalue weighted by Crippen LogP contribution is 2.47. The molecule has 3 nitrogen and oxygen atoms in total. The number of fused-ring (bicyclic) bond motifs is 7. The van der Waals surface area contributed by atoms with Gasteiger partial charge in [-0.2, -0.15) is 0 Å². The molecule has 0 fully saturated rings. The van der Waals surface area contributed by atoms with Gasteiger partial charge in [-0.3, -0.25) is 0 Å². The zero-order valence-corrected chi connectivity index (χ0v) is 18.7. The van der Waals surface area contributed by atoms with Gasteiger partial charge in [0.15, 0.2) is 0 Å². The summed E-state index contributed by atoms with van der Waals surface area (Å²) < 4.78 is 12.7. The van der Waals surface area contributed by atoms with Crippen LogP contribution >= 0.6 is 0 Å². The molecule has 0 saturated heterocycles. The molecule has 1 N–H and O–H groups in total. The molecule has 5 rings (SSSR count). The highest BCUT2D eigenvalue weighted by molar-refractivity contribution is 6.09. The van der Waals surface area contributed by atoms with E-state index in [2.05, 4.69) is 93.7 Å². The minimum Gasteiger partial charge on any atom is -0.491 e. The summed E-state index contributed by atoms with van der Waals surface area (Å²) in [7, 11) is 0. The van der Waals surface area contributed by atoms with E-state index in [9.17, 15) is 0 Å². The summed E-state index contributed by atoms with van der Waals surface area (Å²) in [4.78, 5) is 0. The van der Waals surface area contributed by atoms with E-state index in [0.717, 1.165) is 24.6 Å². The molecule has 1 heterocycles. The van der Waals surface area contributed by atoms with Crippen LogP contribution in [-0.4, -0.2) is 12.2 Å². The lowest BCUT2D eigenvalue weighted by Gasteiger charge is -2.22. The number of ether oxygens (including phenoxy) is 2. The van der Waals surface area contributed by atoms with Crippen LogP contribution in [0.4, 0.5) is 0 Å². The van der Waals surface area contributed by atoms with Gasteiger partial charge in [0.2, 0.25) is 0 Å². The van der Waals surface area contributed by atoms with E-state index in [4.69, 9.17) is 9.47 Å². The molecule has 0 aliphatic carbocycles. The summed E-state index contributed by atoms with van der Waals surface area (Å²) >= 11 is 0. The zero-order valence-electron chi connectivity index (χ0n) is 18.7. The summed E-state index contributed by atoms with van der Waals surface area (Å²) in [5, 5.41) is 8.56. The van der Waals surface area contributed by atoms with Crippen LogP contribution in [0.1, 0.15) is 38.8 Å². The molecular formula is C28H29NO2. The molecule has 158 valence electrons. The Hall–Kier alpha value is -3.04. The van der Waals surface area contributed by atoms with Crippen LogP contribution in [0.3, 0.4) is 0 Å². The Balaban J connectivity index is 1.94.